The average Bonchev–Trinajstić information content (AvgIpc) is 3.34. The molecule has 0 bridgehead atoms. The fraction of sp³-hybridized carbons (Fsp3) is 0.478. The van der Waals surface area contributed by atoms with Gasteiger partial charge in [0, 0.05) is 13.5 Å². The fourth-order valence-corrected chi connectivity index (χ4v) is 5.23. The van der Waals surface area contributed by atoms with E-state index in [9.17, 15) is 24.5 Å². The monoisotopic (exact) mass is 481 g/mol. The molecule has 2 aliphatic heterocycles. The standard InChI is InChI=1S/C23H27N7O5/c1-26-16(12-25-22(26)30(34)35)13-28-20(31)6-5-18(21(28)32)29-17-4-3-15(14-7-9-24-10-8-14)11-19(17)27(2)23(29)33/h3-4,11-12,14,18,24H,5-10,13H2,1-2H3. The molecule has 3 aromatic rings. The van der Waals surface area contributed by atoms with Gasteiger partial charge in [-0.2, -0.15) is 0 Å². The van der Waals surface area contributed by atoms with E-state index in [0.29, 0.717) is 17.1 Å². The summed E-state index contributed by atoms with van der Waals surface area (Å²) in [6, 6.07) is 5.12. The van der Waals surface area contributed by atoms with Crippen molar-refractivity contribution in [3.05, 3.63) is 56.3 Å². The number of carbonyl (C=O) groups is 2. The predicted molar refractivity (Wildman–Crippen MR) is 126 cm³/mol. The fourth-order valence-electron chi connectivity index (χ4n) is 5.23. The van der Waals surface area contributed by atoms with Gasteiger partial charge in [0.25, 0.3) is 5.91 Å². The van der Waals surface area contributed by atoms with E-state index in [0.717, 1.165) is 36.3 Å². The van der Waals surface area contributed by atoms with Crippen molar-refractivity contribution in [2.45, 2.75) is 44.2 Å². The van der Waals surface area contributed by atoms with Crippen LogP contribution in [-0.2, 0) is 30.2 Å². The van der Waals surface area contributed by atoms with Crippen molar-refractivity contribution in [2.75, 3.05) is 13.1 Å². The topological polar surface area (TPSA) is 137 Å². The van der Waals surface area contributed by atoms with E-state index >= 15 is 0 Å². The Hall–Kier alpha value is -3.80. The van der Waals surface area contributed by atoms with Crippen LogP contribution in [0.15, 0.2) is 29.2 Å². The molecule has 2 aromatic heterocycles. The van der Waals surface area contributed by atoms with Crippen molar-refractivity contribution >= 4 is 28.8 Å². The molecule has 1 atom stereocenters. The Morgan fingerprint density at radius 1 is 1.09 bits per heavy atom. The van der Waals surface area contributed by atoms with Crippen LogP contribution in [0.2, 0.25) is 0 Å². The van der Waals surface area contributed by atoms with Gasteiger partial charge >= 0.3 is 11.6 Å². The number of nitrogens with one attached hydrogen (secondary N) is 1. The summed E-state index contributed by atoms with van der Waals surface area (Å²) in [5, 5.41) is 14.5. The first kappa shape index (κ1) is 23.0. The van der Waals surface area contributed by atoms with Crippen molar-refractivity contribution in [3.8, 4) is 0 Å². The molecule has 0 saturated carbocycles. The molecule has 1 unspecified atom stereocenters. The third-order valence-corrected chi connectivity index (χ3v) is 7.26. The minimum atomic E-state index is -0.836. The Morgan fingerprint density at radius 3 is 2.51 bits per heavy atom. The number of hydrogen-bond donors (Lipinski definition) is 1. The van der Waals surface area contributed by atoms with Gasteiger partial charge in [0.05, 0.1) is 24.6 Å². The summed E-state index contributed by atoms with van der Waals surface area (Å²) in [6.07, 6.45) is 3.66. The van der Waals surface area contributed by atoms with Crippen molar-refractivity contribution in [2.24, 2.45) is 14.1 Å². The number of fused-ring (bicyclic) bond motifs is 1. The summed E-state index contributed by atoms with van der Waals surface area (Å²) in [6.45, 7) is 1.77. The normalized spacial score (nSPS) is 19.6. The minimum absolute atomic E-state index is 0.0896. The van der Waals surface area contributed by atoms with Gasteiger partial charge in [0.1, 0.15) is 17.9 Å². The number of hydrogen-bond acceptors (Lipinski definition) is 7. The third kappa shape index (κ3) is 3.83. The lowest BCUT2D eigenvalue weighted by atomic mass is 9.90. The molecule has 1 aromatic carbocycles. The first-order valence-electron chi connectivity index (χ1n) is 11.7. The highest BCUT2D eigenvalue weighted by atomic mass is 16.6. The molecule has 2 saturated heterocycles. The Labute approximate surface area is 200 Å². The maximum atomic E-state index is 13.5. The zero-order valence-corrected chi connectivity index (χ0v) is 19.6. The lowest BCUT2D eigenvalue weighted by Crippen LogP contribution is -2.47. The highest BCUT2D eigenvalue weighted by Gasteiger charge is 2.38. The van der Waals surface area contributed by atoms with E-state index < -0.39 is 16.9 Å². The van der Waals surface area contributed by atoms with Crippen molar-refractivity contribution < 1.29 is 14.5 Å². The maximum absolute atomic E-state index is 13.5. The van der Waals surface area contributed by atoms with Crippen molar-refractivity contribution in [3.63, 3.8) is 0 Å². The Kier molecular flexibility index (Phi) is 5.75. The van der Waals surface area contributed by atoms with E-state index in [4.69, 9.17) is 0 Å². The number of imidazole rings is 2. The van der Waals surface area contributed by atoms with Gasteiger partial charge in [0.2, 0.25) is 5.91 Å². The van der Waals surface area contributed by atoms with Crippen LogP contribution in [-0.4, -0.2) is 53.4 Å². The Bertz CT molecular complexity index is 1400. The molecule has 0 spiro atoms. The molecule has 2 fully saturated rings. The van der Waals surface area contributed by atoms with Crippen LogP contribution in [0.1, 0.15) is 48.9 Å². The van der Waals surface area contributed by atoms with Crippen LogP contribution < -0.4 is 11.0 Å². The maximum Gasteiger partial charge on any atom is 0.434 e. The quantitative estimate of drug-likeness (QED) is 0.330. The van der Waals surface area contributed by atoms with Gasteiger partial charge in [-0.05, 0) is 60.9 Å². The number of likely N-dealkylation sites (tertiary alicyclic amines) is 1. The summed E-state index contributed by atoms with van der Waals surface area (Å²) in [4.78, 5) is 54.7. The predicted octanol–water partition coefficient (Wildman–Crippen LogP) is 1.34. The van der Waals surface area contributed by atoms with Crippen LogP contribution >= 0.6 is 0 Å². The molecule has 2 aliphatic rings. The second kappa shape index (κ2) is 8.77. The lowest BCUT2D eigenvalue weighted by Gasteiger charge is -2.30. The number of carbonyl (C=O) groups excluding carboxylic acids is 2. The van der Waals surface area contributed by atoms with Crippen LogP contribution in [0.4, 0.5) is 5.95 Å². The number of rotatable bonds is 5. The number of benzene rings is 1. The van der Waals surface area contributed by atoms with Crippen LogP contribution in [0.3, 0.4) is 0 Å². The smallest absolute Gasteiger partial charge is 0.390 e. The Balaban J connectivity index is 1.49. The van der Waals surface area contributed by atoms with E-state index in [-0.39, 0.29) is 36.9 Å². The van der Waals surface area contributed by atoms with Crippen LogP contribution in [0, 0.1) is 10.1 Å². The summed E-state index contributed by atoms with van der Waals surface area (Å²) >= 11 is 0. The number of nitrogens with zero attached hydrogens (tertiary/aromatic N) is 6. The van der Waals surface area contributed by atoms with Crippen molar-refractivity contribution in [1.82, 2.24) is 28.9 Å². The second-order valence-electron chi connectivity index (χ2n) is 9.22. The molecule has 0 radical (unpaired) electrons. The zero-order valence-electron chi connectivity index (χ0n) is 19.6. The Morgan fingerprint density at radius 2 is 1.83 bits per heavy atom. The summed E-state index contributed by atoms with van der Waals surface area (Å²) in [5.41, 5.74) is 2.63. The van der Waals surface area contributed by atoms with E-state index in [2.05, 4.69) is 10.3 Å². The average molecular weight is 482 g/mol. The minimum Gasteiger partial charge on any atom is -0.390 e. The molecule has 12 heteroatoms. The molecule has 5 rings (SSSR count). The number of piperidine rings is 2. The third-order valence-electron chi connectivity index (χ3n) is 7.26. The molecule has 184 valence electrons. The molecule has 12 nitrogen and oxygen atoms in total. The molecule has 35 heavy (non-hydrogen) atoms. The van der Waals surface area contributed by atoms with E-state index in [1.165, 1.54) is 27.9 Å². The van der Waals surface area contributed by atoms with Gasteiger partial charge in [0.15, 0.2) is 0 Å². The summed E-state index contributed by atoms with van der Waals surface area (Å²) in [5.74, 6) is -0.825. The van der Waals surface area contributed by atoms with Crippen LogP contribution in [0.25, 0.3) is 11.0 Å². The van der Waals surface area contributed by atoms with Gasteiger partial charge in [-0.15, -0.1) is 0 Å². The number of nitro groups is 1. The van der Waals surface area contributed by atoms with Crippen molar-refractivity contribution in [1.29, 1.82) is 0 Å². The highest BCUT2D eigenvalue weighted by molar-refractivity contribution is 6.00. The number of imide groups is 1. The number of aryl methyl sites for hydroxylation is 1. The molecule has 2 amide bonds. The zero-order chi connectivity index (χ0) is 24.9. The van der Waals surface area contributed by atoms with E-state index in [1.807, 2.05) is 18.2 Å². The van der Waals surface area contributed by atoms with Gasteiger partial charge in [-0.1, -0.05) is 11.1 Å². The summed E-state index contributed by atoms with van der Waals surface area (Å²) in [7, 11) is 3.16. The second-order valence-corrected chi connectivity index (χ2v) is 9.22. The largest absolute Gasteiger partial charge is 0.434 e. The molecular weight excluding hydrogens is 454 g/mol. The summed E-state index contributed by atoms with van der Waals surface area (Å²) < 4.78 is 4.28. The number of aromatic nitrogens is 4. The molecular formula is C23H27N7O5. The van der Waals surface area contributed by atoms with Gasteiger partial charge < -0.3 is 15.4 Å². The van der Waals surface area contributed by atoms with Gasteiger partial charge in [-0.25, -0.2) is 9.36 Å². The molecule has 1 N–H and O–H groups in total. The van der Waals surface area contributed by atoms with E-state index in [1.54, 1.807) is 11.6 Å². The molecule has 4 heterocycles. The first-order valence-corrected chi connectivity index (χ1v) is 11.7. The SMILES string of the molecule is Cn1c(CN2C(=O)CCC(n3c(=O)n(C)c4cc(C5CCNCC5)ccc43)C2=O)cnc1[N+](=O)[O-]. The lowest BCUT2D eigenvalue weighted by molar-refractivity contribution is -0.396. The van der Waals surface area contributed by atoms with Gasteiger partial charge in [-0.3, -0.25) is 23.6 Å². The first-order chi connectivity index (χ1) is 16.8. The number of amides is 2. The van der Waals surface area contributed by atoms with Crippen LogP contribution in [0.5, 0.6) is 0 Å². The highest BCUT2D eigenvalue weighted by Crippen LogP contribution is 2.31. The molecule has 0 aliphatic carbocycles.